The Hall–Kier alpha value is -5.49. The second kappa shape index (κ2) is 12.1. The molecule has 0 amide bonds. The maximum atomic E-state index is 2.48. The molecule has 0 N–H and O–H groups in total. The van der Waals surface area contributed by atoms with E-state index in [0.29, 0.717) is 0 Å². The first kappa shape index (κ1) is 31.5. The zero-order valence-corrected chi connectivity index (χ0v) is 31.7. The molecule has 0 atom stereocenters. The van der Waals surface area contributed by atoms with Crippen LogP contribution in [0.5, 0.6) is 0 Å². The first-order valence-corrected chi connectivity index (χ1v) is 24.0. The fraction of sp³-hybridized carbons (Fsp3) is 0.0833. The van der Waals surface area contributed by atoms with Crippen molar-refractivity contribution in [1.82, 2.24) is 0 Å². The summed E-state index contributed by atoms with van der Waals surface area (Å²) in [6, 6.07) is 66.0. The Labute approximate surface area is 302 Å². The summed E-state index contributed by atoms with van der Waals surface area (Å²) in [5, 5.41) is 16.3. The topological polar surface area (TPSA) is 3.24 Å². The van der Waals surface area contributed by atoms with Gasteiger partial charge in [-0.2, -0.15) is 0 Å². The van der Waals surface area contributed by atoms with Crippen LogP contribution in [0.1, 0.15) is 0 Å². The molecule has 1 nitrogen and oxygen atoms in total. The van der Waals surface area contributed by atoms with Crippen LogP contribution in [0.4, 0.5) is 17.1 Å². The SMILES string of the molecule is C[Si](C)(c1ccccc1)c1ccc(N(c2ccc([Si](C)(C)c3ccccc3)cc2)c2ccc3c4cccc5cccc(c6cccc2c63)c54)cc1. The Morgan fingerprint density at radius 3 is 1.20 bits per heavy atom. The van der Waals surface area contributed by atoms with Crippen molar-refractivity contribution in [2.24, 2.45) is 0 Å². The normalized spacial score (nSPS) is 12.3. The lowest BCUT2D eigenvalue weighted by molar-refractivity contribution is 1.30. The summed E-state index contributed by atoms with van der Waals surface area (Å²) < 4.78 is 0. The van der Waals surface area contributed by atoms with Gasteiger partial charge in [-0.3, -0.25) is 0 Å². The molecule has 0 fully saturated rings. The smallest absolute Gasteiger partial charge is 0.112 e. The van der Waals surface area contributed by atoms with Crippen LogP contribution in [-0.4, -0.2) is 16.1 Å². The molecule has 0 heterocycles. The van der Waals surface area contributed by atoms with Gasteiger partial charge >= 0.3 is 0 Å². The highest BCUT2D eigenvalue weighted by Gasteiger charge is 2.28. The van der Waals surface area contributed by atoms with E-state index in [1.807, 2.05) is 0 Å². The van der Waals surface area contributed by atoms with Crippen LogP contribution in [0.3, 0.4) is 0 Å². The lowest BCUT2D eigenvalue weighted by Gasteiger charge is -2.30. The van der Waals surface area contributed by atoms with Crippen molar-refractivity contribution >= 4 is 97.0 Å². The lowest BCUT2D eigenvalue weighted by atomic mass is 9.89. The number of hydrogen-bond acceptors (Lipinski definition) is 1. The Balaban J connectivity index is 1.24. The summed E-state index contributed by atoms with van der Waals surface area (Å²) in [6.07, 6.45) is 0. The van der Waals surface area contributed by atoms with Crippen molar-refractivity contribution in [2.45, 2.75) is 26.2 Å². The zero-order valence-electron chi connectivity index (χ0n) is 29.7. The Bertz CT molecular complexity index is 2520. The van der Waals surface area contributed by atoms with E-state index in [9.17, 15) is 0 Å². The van der Waals surface area contributed by atoms with Gasteiger partial charge in [0.2, 0.25) is 0 Å². The summed E-state index contributed by atoms with van der Waals surface area (Å²) in [6.45, 7) is 9.82. The molecule has 0 aliphatic rings. The van der Waals surface area contributed by atoms with E-state index in [4.69, 9.17) is 0 Å². The first-order chi connectivity index (χ1) is 24.8. The predicted octanol–water partition coefficient (Wildman–Crippen LogP) is 10.9. The highest BCUT2D eigenvalue weighted by Crippen LogP contribution is 2.45. The van der Waals surface area contributed by atoms with Crippen molar-refractivity contribution in [3.8, 4) is 0 Å². The molecule has 0 aliphatic heterocycles. The van der Waals surface area contributed by atoms with E-state index in [2.05, 4.69) is 207 Å². The van der Waals surface area contributed by atoms with Crippen LogP contribution in [-0.2, 0) is 0 Å². The average molecular weight is 688 g/mol. The van der Waals surface area contributed by atoms with E-state index in [1.165, 1.54) is 80.9 Å². The molecule has 9 rings (SSSR count). The molecular formula is C48H41NSi2. The van der Waals surface area contributed by atoms with Gasteiger partial charge in [-0.1, -0.05) is 193 Å². The van der Waals surface area contributed by atoms with E-state index < -0.39 is 16.1 Å². The maximum Gasteiger partial charge on any atom is 0.112 e. The van der Waals surface area contributed by atoms with Gasteiger partial charge in [-0.15, -0.1) is 0 Å². The fourth-order valence-corrected chi connectivity index (χ4v) is 13.1. The molecule has 0 bridgehead atoms. The Morgan fingerprint density at radius 1 is 0.314 bits per heavy atom. The van der Waals surface area contributed by atoms with E-state index >= 15 is 0 Å². The fourth-order valence-electron chi connectivity index (χ4n) is 8.35. The number of anilines is 3. The Morgan fingerprint density at radius 2 is 0.706 bits per heavy atom. The lowest BCUT2D eigenvalue weighted by Crippen LogP contribution is -2.52. The van der Waals surface area contributed by atoms with E-state index in [1.54, 1.807) is 0 Å². The number of fused-ring (bicyclic) bond motifs is 2. The number of nitrogens with zero attached hydrogens (tertiary/aromatic N) is 1. The molecule has 51 heavy (non-hydrogen) atoms. The average Bonchev–Trinajstić information content (AvgIpc) is 3.18. The quantitative estimate of drug-likeness (QED) is 0.0916. The summed E-state index contributed by atoms with van der Waals surface area (Å²) in [4.78, 5) is 2.48. The summed E-state index contributed by atoms with van der Waals surface area (Å²) in [7, 11) is -3.72. The maximum absolute atomic E-state index is 2.48. The zero-order chi connectivity index (χ0) is 34.7. The molecule has 0 radical (unpaired) electrons. The van der Waals surface area contributed by atoms with Crippen LogP contribution < -0.4 is 25.6 Å². The van der Waals surface area contributed by atoms with Gasteiger partial charge in [-0.25, -0.2) is 0 Å². The standard InChI is InChI=1S/C48H41NSi2/c1-50(2,37-16-7-5-8-17-37)39-28-24-35(25-29-39)49(36-26-30-40(31-27-36)51(3,4)38-18-9-6-10-19-38)46-33-32-44-42-21-12-15-34-14-11-20-41(47(34)42)43-22-13-23-45(46)48(43)44/h5-33H,1-4H3. The molecule has 9 aromatic rings. The van der Waals surface area contributed by atoms with E-state index in [0.717, 1.165) is 0 Å². The van der Waals surface area contributed by atoms with Crippen molar-refractivity contribution in [2.75, 3.05) is 4.90 Å². The number of hydrogen-bond donors (Lipinski definition) is 0. The van der Waals surface area contributed by atoms with Crippen molar-refractivity contribution in [3.63, 3.8) is 0 Å². The monoisotopic (exact) mass is 687 g/mol. The second-order valence-corrected chi connectivity index (χ2v) is 23.8. The highest BCUT2D eigenvalue weighted by atomic mass is 28.3. The van der Waals surface area contributed by atoms with Crippen LogP contribution in [0.25, 0.3) is 43.1 Å². The van der Waals surface area contributed by atoms with Crippen LogP contribution in [0.2, 0.25) is 26.2 Å². The predicted molar refractivity (Wildman–Crippen MR) is 229 cm³/mol. The van der Waals surface area contributed by atoms with Crippen LogP contribution >= 0.6 is 0 Å². The molecule has 0 aromatic heterocycles. The largest absolute Gasteiger partial charge is 0.310 e. The third-order valence-electron chi connectivity index (χ3n) is 11.4. The molecule has 0 unspecified atom stereocenters. The van der Waals surface area contributed by atoms with Gasteiger partial charge in [0, 0.05) is 16.8 Å². The van der Waals surface area contributed by atoms with Crippen molar-refractivity contribution in [3.05, 3.63) is 176 Å². The minimum absolute atomic E-state index is 1.17. The molecular weight excluding hydrogens is 647 g/mol. The summed E-state index contributed by atoms with van der Waals surface area (Å²) >= 11 is 0. The third kappa shape index (κ3) is 5.11. The molecule has 0 saturated carbocycles. The summed E-state index contributed by atoms with van der Waals surface area (Å²) in [5.41, 5.74) is 3.53. The third-order valence-corrected chi connectivity index (χ3v) is 18.5. The number of benzene rings is 9. The molecule has 9 aromatic carbocycles. The van der Waals surface area contributed by atoms with Gasteiger partial charge in [-0.05, 0) is 68.0 Å². The molecule has 3 heteroatoms. The van der Waals surface area contributed by atoms with Gasteiger partial charge in [0.15, 0.2) is 0 Å². The molecule has 0 aliphatic carbocycles. The minimum atomic E-state index is -1.86. The molecule has 246 valence electrons. The van der Waals surface area contributed by atoms with Gasteiger partial charge in [0.25, 0.3) is 0 Å². The highest BCUT2D eigenvalue weighted by molar-refractivity contribution is 7.01. The van der Waals surface area contributed by atoms with Crippen molar-refractivity contribution in [1.29, 1.82) is 0 Å². The minimum Gasteiger partial charge on any atom is -0.310 e. The Kier molecular flexibility index (Phi) is 7.46. The second-order valence-electron chi connectivity index (χ2n) is 15.0. The molecule has 0 spiro atoms. The summed E-state index contributed by atoms with van der Waals surface area (Å²) in [5.74, 6) is 0. The van der Waals surface area contributed by atoms with Crippen LogP contribution in [0.15, 0.2) is 176 Å². The first-order valence-electron chi connectivity index (χ1n) is 18.0. The van der Waals surface area contributed by atoms with E-state index in [-0.39, 0.29) is 0 Å². The van der Waals surface area contributed by atoms with Crippen LogP contribution in [0, 0.1) is 0 Å². The van der Waals surface area contributed by atoms with Gasteiger partial charge in [0.05, 0.1) is 5.69 Å². The number of rotatable bonds is 7. The van der Waals surface area contributed by atoms with Gasteiger partial charge in [0.1, 0.15) is 16.1 Å². The molecule has 0 saturated heterocycles. The van der Waals surface area contributed by atoms with Crippen molar-refractivity contribution < 1.29 is 0 Å². The van der Waals surface area contributed by atoms with Gasteiger partial charge < -0.3 is 4.90 Å².